The quantitative estimate of drug-likeness (QED) is 0.139. The molecule has 0 saturated carbocycles. The fourth-order valence-electron chi connectivity index (χ4n) is 4.77. The number of urea groups is 1. The van der Waals surface area contributed by atoms with E-state index in [2.05, 4.69) is 0 Å². The largest absolute Gasteiger partial charge is 0.454 e. The number of rotatable bonds is 8. The third-order valence-electron chi connectivity index (χ3n) is 7.76. The van der Waals surface area contributed by atoms with E-state index in [1.165, 1.54) is 6.07 Å². The third-order valence-corrected chi connectivity index (χ3v) is 8.63. The number of hydrogen-bond acceptors (Lipinski definition) is 4. The summed E-state index contributed by atoms with van der Waals surface area (Å²) in [5.74, 6) is -1.34. The number of alkyl halides is 9. The number of para-hydroxylation sites is 2. The number of carbonyl (C=O) groups is 1. The van der Waals surface area contributed by atoms with E-state index in [1.807, 2.05) is 5.32 Å². The Kier molecular flexibility index (Phi) is 10.3. The summed E-state index contributed by atoms with van der Waals surface area (Å²) in [4.78, 5) is 13.0. The first-order chi connectivity index (χ1) is 22.9. The second-order valence-corrected chi connectivity index (χ2v) is 12.9. The van der Waals surface area contributed by atoms with Gasteiger partial charge in [-0.2, -0.15) is 47.9 Å². The summed E-state index contributed by atoms with van der Waals surface area (Å²) in [7, 11) is -5.05. The van der Waals surface area contributed by atoms with Crippen molar-refractivity contribution in [2.24, 2.45) is 0 Å². The fraction of sp³-hybridized carbons (Fsp3) is 0.242. The molecule has 0 atom stereocenters. The molecule has 0 unspecified atom stereocenters. The molecule has 0 radical (unpaired) electrons. The van der Waals surface area contributed by atoms with Crippen LogP contribution in [-0.4, -0.2) is 19.0 Å². The van der Waals surface area contributed by atoms with E-state index in [0.717, 1.165) is 36.4 Å². The van der Waals surface area contributed by atoms with Gasteiger partial charge in [0, 0.05) is 0 Å². The minimum Gasteiger partial charge on any atom is -0.454 e. The summed E-state index contributed by atoms with van der Waals surface area (Å²) >= 11 is 0. The molecule has 0 aromatic heterocycles. The van der Waals surface area contributed by atoms with Gasteiger partial charge in [-0.15, -0.1) is 0 Å². The van der Waals surface area contributed by atoms with Gasteiger partial charge in [0.25, 0.3) is 10.1 Å². The van der Waals surface area contributed by atoms with E-state index in [9.17, 15) is 57.3 Å². The minimum atomic E-state index is -5.21. The molecule has 4 aromatic carbocycles. The van der Waals surface area contributed by atoms with Crippen LogP contribution < -0.4 is 15.0 Å². The first kappa shape index (κ1) is 38.0. The second kappa shape index (κ2) is 13.5. The van der Waals surface area contributed by atoms with Crippen LogP contribution in [0, 0.1) is 0 Å². The molecule has 2 amide bonds. The molecule has 4 rings (SSSR count). The van der Waals surface area contributed by atoms with Gasteiger partial charge in [0.2, 0.25) is 0 Å². The molecule has 268 valence electrons. The van der Waals surface area contributed by atoms with Crippen LogP contribution in [0.5, 0.6) is 11.5 Å². The number of hydrogen-bond donors (Lipinski definition) is 2. The molecule has 50 heavy (non-hydrogen) atoms. The van der Waals surface area contributed by atoms with Gasteiger partial charge in [0.05, 0.1) is 33.8 Å². The molecule has 17 heteroatoms. The SMILES string of the molecule is CCC(C)(C)c1ccc(Oc2ccc(C(F)(F)F)cc2NC(=O)N(c2ccccc2C(F)(F)F)c2ccccc2C(F)(F)F)c(S(=O)(=O)O)c1. The Labute approximate surface area is 280 Å². The van der Waals surface area contributed by atoms with Crippen LogP contribution in [0.2, 0.25) is 0 Å². The Bertz CT molecular complexity index is 1950. The molecule has 0 aliphatic heterocycles. The summed E-state index contributed by atoms with van der Waals surface area (Å²) in [5, 5.41) is 1.92. The average molecular weight is 735 g/mol. The molecule has 0 aliphatic rings. The molecule has 0 saturated heterocycles. The van der Waals surface area contributed by atoms with Gasteiger partial charge < -0.3 is 10.1 Å². The molecule has 0 bridgehead atoms. The normalized spacial score (nSPS) is 12.8. The van der Waals surface area contributed by atoms with Crippen LogP contribution in [0.4, 0.5) is 61.4 Å². The van der Waals surface area contributed by atoms with E-state index < -0.39 is 90.2 Å². The van der Waals surface area contributed by atoms with Crippen LogP contribution in [-0.2, 0) is 34.1 Å². The third kappa shape index (κ3) is 8.33. The lowest BCUT2D eigenvalue weighted by atomic mass is 9.82. The van der Waals surface area contributed by atoms with Crippen molar-refractivity contribution in [3.05, 3.63) is 107 Å². The summed E-state index contributed by atoms with van der Waals surface area (Å²) in [5.41, 5.74) is -7.87. The Hall–Kier alpha value is -4.77. The fourth-order valence-corrected chi connectivity index (χ4v) is 5.41. The van der Waals surface area contributed by atoms with Crippen LogP contribution in [0.25, 0.3) is 0 Å². The highest BCUT2D eigenvalue weighted by atomic mass is 32.2. The van der Waals surface area contributed by atoms with Crippen molar-refractivity contribution in [1.82, 2.24) is 0 Å². The van der Waals surface area contributed by atoms with Crippen molar-refractivity contribution in [2.75, 3.05) is 10.2 Å². The van der Waals surface area contributed by atoms with Crippen LogP contribution in [0.1, 0.15) is 49.4 Å². The molecule has 4 aromatic rings. The maximum Gasteiger partial charge on any atom is 0.418 e. The maximum atomic E-state index is 14.1. The van der Waals surface area contributed by atoms with Gasteiger partial charge >= 0.3 is 24.6 Å². The first-order valence-corrected chi connectivity index (χ1v) is 15.8. The van der Waals surface area contributed by atoms with Crippen LogP contribution >= 0.6 is 0 Å². The highest BCUT2D eigenvalue weighted by Gasteiger charge is 2.41. The van der Waals surface area contributed by atoms with Crippen molar-refractivity contribution in [3.63, 3.8) is 0 Å². The monoisotopic (exact) mass is 734 g/mol. The zero-order valence-corrected chi connectivity index (χ0v) is 26.9. The lowest BCUT2D eigenvalue weighted by molar-refractivity contribution is -0.138. The second-order valence-electron chi connectivity index (χ2n) is 11.5. The zero-order valence-electron chi connectivity index (χ0n) is 26.1. The van der Waals surface area contributed by atoms with E-state index in [-0.39, 0.29) is 4.90 Å². The Morgan fingerprint density at radius 2 is 1.20 bits per heavy atom. The molecular formula is C33H27F9N2O5S. The van der Waals surface area contributed by atoms with Gasteiger partial charge in [0.1, 0.15) is 10.6 Å². The first-order valence-electron chi connectivity index (χ1n) is 14.4. The highest BCUT2D eigenvalue weighted by Crippen LogP contribution is 2.45. The molecule has 0 heterocycles. The number of nitrogens with one attached hydrogen (secondary N) is 1. The summed E-state index contributed by atoms with van der Waals surface area (Å²) in [6.07, 6.45) is -15.0. The molecule has 7 nitrogen and oxygen atoms in total. The van der Waals surface area contributed by atoms with Crippen molar-refractivity contribution in [3.8, 4) is 11.5 Å². The maximum absolute atomic E-state index is 14.1. The number of anilines is 3. The van der Waals surface area contributed by atoms with E-state index in [0.29, 0.717) is 54.4 Å². The molecule has 2 N–H and O–H groups in total. The number of nitrogens with zero attached hydrogens (tertiary/aromatic N) is 1. The highest BCUT2D eigenvalue weighted by molar-refractivity contribution is 7.86. The van der Waals surface area contributed by atoms with Crippen molar-refractivity contribution < 1.29 is 62.0 Å². The van der Waals surface area contributed by atoms with Crippen molar-refractivity contribution in [2.45, 2.75) is 56.0 Å². The summed E-state index contributed by atoms with van der Waals surface area (Å²) < 4.78 is 166. The molecular weight excluding hydrogens is 707 g/mol. The van der Waals surface area contributed by atoms with Crippen molar-refractivity contribution in [1.29, 1.82) is 0 Å². The molecule has 0 spiro atoms. The lowest BCUT2D eigenvalue weighted by Crippen LogP contribution is -2.34. The molecule has 0 aliphatic carbocycles. The van der Waals surface area contributed by atoms with Gasteiger partial charge in [-0.1, -0.05) is 51.1 Å². The van der Waals surface area contributed by atoms with Gasteiger partial charge in [0.15, 0.2) is 5.75 Å². The van der Waals surface area contributed by atoms with Gasteiger partial charge in [-0.3, -0.25) is 9.45 Å². The molecule has 0 fully saturated rings. The number of benzene rings is 4. The summed E-state index contributed by atoms with van der Waals surface area (Å²) in [6, 6.07) is 9.40. The van der Waals surface area contributed by atoms with Gasteiger partial charge in [-0.25, -0.2) is 4.79 Å². The predicted octanol–water partition coefficient (Wildman–Crippen LogP) is 10.8. The Morgan fingerprint density at radius 3 is 1.66 bits per heavy atom. The van der Waals surface area contributed by atoms with E-state index in [1.54, 1.807) is 20.8 Å². The Balaban J connectivity index is 1.93. The number of amides is 2. The standard InChI is InChI=1S/C33H27F9N2O5S/c1-4-30(2,3)19-13-16-27(28(18-19)50(46,47)48)49-26-15-14-20(31(34,35)36)17-23(26)43-29(45)44(24-11-7-5-9-21(24)32(37,38)39)25-12-8-6-10-22(25)33(40,41)42/h5-18H,4H2,1-3H3,(H,43,45)(H,46,47,48). The van der Waals surface area contributed by atoms with E-state index >= 15 is 0 Å². The van der Waals surface area contributed by atoms with Crippen LogP contribution in [0.3, 0.4) is 0 Å². The van der Waals surface area contributed by atoms with E-state index in [4.69, 9.17) is 4.74 Å². The van der Waals surface area contributed by atoms with Gasteiger partial charge in [-0.05, 0) is 72.0 Å². The number of halogens is 9. The zero-order chi connectivity index (χ0) is 37.4. The number of carbonyl (C=O) groups excluding carboxylic acids is 1. The average Bonchev–Trinajstić information content (AvgIpc) is 3.00. The lowest BCUT2D eigenvalue weighted by Gasteiger charge is -2.29. The van der Waals surface area contributed by atoms with Crippen molar-refractivity contribution >= 4 is 33.2 Å². The smallest absolute Gasteiger partial charge is 0.418 e. The predicted molar refractivity (Wildman–Crippen MR) is 165 cm³/mol. The topological polar surface area (TPSA) is 95.9 Å². The summed E-state index contributed by atoms with van der Waals surface area (Å²) in [6.45, 7) is 5.33. The van der Waals surface area contributed by atoms with Crippen LogP contribution in [0.15, 0.2) is 89.8 Å². The number of ether oxygens (including phenoxy) is 1. The minimum absolute atomic E-state index is 0.000918. The Morgan fingerprint density at radius 1 is 0.720 bits per heavy atom.